The number of aromatic nitrogens is 1. The lowest BCUT2D eigenvalue weighted by Gasteiger charge is -2.37. The summed E-state index contributed by atoms with van der Waals surface area (Å²) in [4.78, 5) is 9.60. The van der Waals surface area contributed by atoms with Crippen molar-refractivity contribution in [1.82, 2.24) is 9.88 Å². The van der Waals surface area contributed by atoms with Gasteiger partial charge >= 0.3 is 0 Å². The fourth-order valence-electron chi connectivity index (χ4n) is 3.36. The van der Waals surface area contributed by atoms with E-state index >= 15 is 0 Å². The molecule has 4 heteroatoms. The topological polar surface area (TPSA) is 45.4 Å². The molecule has 0 aliphatic carbocycles. The Hall–Kier alpha value is -1.91. The van der Waals surface area contributed by atoms with E-state index in [4.69, 9.17) is 10.7 Å². The zero-order chi connectivity index (χ0) is 17.1. The van der Waals surface area contributed by atoms with E-state index in [2.05, 4.69) is 48.8 Å². The molecule has 24 heavy (non-hydrogen) atoms. The number of pyridine rings is 1. The van der Waals surface area contributed by atoms with Crippen molar-refractivity contribution in [3.05, 3.63) is 59.3 Å². The first-order chi connectivity index (χ1) is 11.6. The van der Waals surface area contributed by atoms with Crippen molar-refractivity contribution >= 4 is 5.82 Å². The van der Waals surface area contributed by atoms with Crippen molar-refractivity contribution in [3.63, 3.8) is 0 Å². The van der Waals surface area contributed by atoms with Crippen LogP contribution in [0.2, 0.25) is 0 Å². The molecule has 4 nitrogen and oxygen atoms in total. The highest BCUT2D eigenvalue weighted by Crippen LogP contribution is 2.25. The third kappa shape index (κ3) is 3.60. The number of anilines is 1. The summed E-state index contributed by atoms with van der Waals surface area (Å²) in [5, 5.41) is 0. The molecule has 0 bridgehead atoms. The van der Waals surface area contributed by atoms with Crippen molar-refractivity contribution in [2.24, 2.45) is 5.73 Å². The van der Waals surface area contributed by atoms with Crippen LogP contribution in [0.3, 0.4) is 0 Å². The van der Waals surface area contributed by atoms with Crippen molar-refractivity contribution < 1.29 is 0 Å². The summed E-state index contributed by atoms with van der Waals surface area (Å²) >= 11 is 0. The van der Waals surface area contributed by atoms with Crippen LogP contribution in [0.1, 0.15) is 36.6 Å². The van der Waals surface area contributed by atoms with Crippen LogP contribution >= 0.6 is 0 Å². The summed E-state index contributed by atoms with van der Waals surface area (Å²) in [6, 6.07) is 12.9. The van der Waals surface area contributed by atoms with Gasteiger partial charge in [0, 0.05) is 38.4 Å². The first-order valence-electron chi connectivity index (χ1n) is 8.82. The number of benzene rings is 1. The minimum Gasteiger partial charge on any atom is -0.354 e. The summed E-state index contributed by atoms with van der Waals surface area (Å²) in [6.07, 6.45) is 1.96. The molecule has 0 saturated carbocycles. The summed E-state index contributed by atoms with van der Waals surface area (Å²) in [5.74, 6) is 1.07. The molecule has 0 unspecified atom stereocenters. The normalized spacial score (nSPS) is 17.3. The summed E-state index contributed by atoms with van der Waals surface area (Å²) in [7, 11) is 0. The van der Waals surface area contributed by atoms with Gasteiger partial charge in [-0.3, -0.25) is 4.90 Å². The van der Waals surface area contributed by atoms with E-state index in [0.29, 0.717) is 6.04 Å². The number of piperazine rings is 1. The van der Waals surface area contributed by atoms with Gasteiger partial charge in [-0.15, -0.1) is 0 Å². The number of nitrogens with zero attached hydrogens (tertiary/aromatic N) is 3. The number of nitrogens with two attached hydrogens (primary N) is 1. The number of hydrogen-bond acceptors (Lipinski definition) is 4. The van der Waals surface area contributed by atoms with Crippen LogP contribution in [-0.4, -0.2) is 42.1 Å². The van der Waals surface area contributed by atoms with Crippen LogP contribution < -0.4 is 10.6 Å². The van der Waals surface area contributed by atoms with Crippen LogP contribution in [0.4, 0.5) is 5.82 Å². The second-order valence-electron chi connectivity index (χ2n) is 6.90. The molecule has 1 aliphatic rings. The molecular weight excluding hydrogens is 296 g/mol. The summed E-state index contributed by atoms with van der Waals surface area (Å²) in [6.45, 7) is 10.9. The average molecular weight is 324 g/mol. The fraction of sp³-hybridized carbons (Fsp3) is 0.450. The molecule has 128 valence electrons. The van der Waals surface area contributed by atoms with Gasteiger partial charge < -0.3 is 10.6 Å². The summed E-state index contributed by atoms with van der Waals surface area (Å²) < 4.78 is 0. The minimum atomic E-state index is -0.120. The van der Waals surface area contributed by atoms with Gasteiger partial charge in [0.15, 0.2) is 0 Å². The lowest BCUT2D eigenvalue weighted by molar-refractivity contribution is 0.209. The number of aryl methyl sites for hydroxylation is 1. The van der Waals surface area contributed by atoms with E-state index in [1.54, 1.807) is 0 Å². The van der Waals surface area contributed by atoms with E-state index < -0.39 is 0 Å². The Morgan fingerprint density at radius 2 is 1.71 bits per heavy atom. The first kappa shape index (κ1) is 16.9. The Bertz CT molecular complexity index is 661. The molecular formula is C20H28N4. The van der Waals surface area contributed by atoms with E-state index in [1.807, 2.05) is 24.4 Å². The zero-order valence-corrected chi connectivity index (χ0v) is 14.9. The first-order valence-corrected chi connectivity index (χ1v) is 8.82. The molecule has 1 aromatic carbocycles. The second-order valence-corrected chi connectivity index (χ2v) is 6.90. The van der Waals surface area contributed by atoms with Gasteiger partial charge in [0.05, 0.1) is 6.04 Å². The van der Waals surface area contributed by atoms with Gasteiger partial charge in [0.25, 0.3) is 0 Å². The molecule has 2 aromatic rings. The van der Waals surface area contributed by atoms with Crippen LogP contribution in [0, 0.1) is 6.92 Å². The molecule has 0 radical (unpaired) electrons. The fourth-order valence-corrected chi connectivity index (χ4v) is 3.36. The number of hydrogen-bond donors (Lipinski definition) is 1. The van der Waals surface area contributed by atoms with Crippen LogP contribution in [0.15, 0.2) is 42.6 Å². The predicted molar refractivity (Wildman–Crippen MR) is 100 cm³/mol. The average Bonchev–Trinajstić information content (AvgIpc) is 2.62. The van der Waals surface area contributed by atoms with Crippen molar-refractivity contribution in [3.8, 4) is 0 Å². The van der Waals surface area contributed by atoms with Gasteiger partial charge in [0.2, 0.25) is 0 Å². The quantitative estimate of drug-likeness (QED) is 0.939. The molecule has 0 amide bonds. The smallest absolute Gasteiger partial charge is 0.128 e. The summed E-state index contributed by atoms with van der Waals surface area (Å²) in [5.41, 5.74) is 9.88. The molecule has 1 fully saturated rings. The Balaban J connectivity index is 1.74. The molecule has 1 aromatic heterocycles. The highest BCUT2D eigenvalue weighted by Gasteiger charge is 2.20. The maximum absolute atomic E-state index is 6.44. The maximum Gasteiger partial charge on any atom is 0.128 e. The second kappa shape index (κ2) is 7.32. The van der Waals surface area contributed by atoms with Crippen LogP contribution in [-0.2, 0) is 0 Å². The van der Waals surface area contributed by atoms with Gasteiger partial charge in [0.1, 0.15) is 5.82 Å². The molecule has 2 N–H and O–H groups in total. The van der Waals surface area contributed by atoms with E-state index in [9.17, 15) is 0 Å². The van der Waals surface area contributed by atoms with Gasteiger partial charge in [-0.1, -0.05) is 30.3 Å². The largest absolute Gasteiger partial charge is 0.354 e. The molecule has 1 atom stereocenters. The highest BCUT2D eigenvalue weighted by molar-refractivity contribution is 5.46. The van der Waals surface area contributed by atoms with Crippen LogP contribution in [0.25, 0.3) is 0 Å². The Labute approximate surface area is 145 Å². The SMILES string of the molecule is Cc1cc(N2CCN(C(C)C)CC2)ncc1[C@H](N)c1ccccc1. The predicted octanol–water partition coefficient (Wildman–Crippen LogP) is 2.97. The Kier molecular flexibility index (Phi) is 5.17. The van der Waals surface area contributed by atoms with E-state index in [-0.39, 0.29) is 6.04 Å². The van der Waals surface area contributed by atoms with Crippen LogP contribution in [0.5, 0.6) is 0 Å². The molecule has 2 heterocycles. The Morgan fingerprint density at radius 1 is 1.04 bits per heavy atom. The maximum atomic E-state index is 6.44. The molecule has 3 rings (SSSR count). The zero-order valence-electron chi connectivity index (χ0n) is 14.9. The lowest BCUT2D eigenvalue weighted by Crippen LogP contribution is -2.49. The molecule has 1 saturated heterocycles. The molecule has 1 aliphatic heterocycles. The van der Waals surface area contributed by atoms with E-state index in [0.717, 1.165) is 43.1 Å². The Morgan fingerprint density at radius 3 is 2.29 bits per heavy atom. The monoisotopic (exact) mass is 324 g/mol. The van der Waals surface area contributed by atoms with Crippen molar-refractivity contribution in [1.29, 1.82) is 0 Å². The van der Waals surface area contributed by atoms with Crippen molar-refractivity contribution in [2.75, 3.05) is 31.1 Å². The third-order valence-electron chi connectivity index (χ3n) is 5.00. The number of rotatable bonds is 4. The molecule has 0 spiro atoms. The third-order valence-corrected chi connectivity index (χ3v) is 5.00. The van der Waals surface area contributed by atoms with Gasteiger partial charge in [-0.2, -0.15) is 0 Å². The minimum absolute atomic E-state index is 0.120. The lowest BCUT2D eigenvalue weighted by atomic mass is 9.97. The van der Waals surface area contributed by atoms with Gasteiger partial charge in [-0.05, 0) is 43.5 Å². The standard InChI is InChI=1S/C20H28N4/c1-15(2)23-9-11-24(12-10-23)19-13-16(3)18(14-22-19)20(21)17-7-5-4-6-8-17/h4-8,13-15,20H,9-12,21H2,1-3H3/t20-/m1/s1. The highest BCUT2D eigenvalue weighted by atomic mass is 15.3. The van der Waals surface area contributed by atoms with E-state index in [1.165, 1.54) is 5.56 Å². The van der Waals surface area contributed by atoms with Crippen molar-refractivity contribution in [2.45, 2.75) is 32.9 Å². The van der Waals surface area contributed by atoms with Gasteiger partial charge in [-0.25, -0.2) is 4.98 Å².